The molecule has 1 N–H and O–H groups in total. The smallest absolute Gasteiger partial charge is 0.128 e. The van der Waals surface area contributed by atoms with E-state index in [4.69, 9.17) is 9.47 Å². The summed E-state index contributed by atoms with van der Waals surface area (Å²) in [4.78, 5) is 0. The van der Waals surface area contributed by atoms with Crippen molar-refractivity contribution in [2.24, 2.45) is 0 Å². The molecule has 0 saturated heterocycles. The van der Waals surface area contributed by atoms with Crippen LogP contribution in [0.1, 0.15) is 57.6 Å². The van der Waals surface area contributed by atoms with Crippen LogP contribution in [0.3, 0.4) is 0 Å². The highest BCUT2D eigenvalue weighted by molar-refractivity contribution is 5.41. The quantitative estimate of drug-likeness (QED) is 0.684. The Bertz CT molecular complexity index is 361. The number of aliphatic hydroxyl groups is 1. The largest absolute Gasteiger partial charge is 0.497 e. The second kappa shape index (κ2) is 8.81. The van der Waals surface area contributed by atoms with E-state index < -0.39 is 6.10 Å². The highest BCUT2D eigenvalue weighted by atomic mass is 16.5. The van der Waals surface area contributed by atoms with Gasteiger partial charge in [0.2, 0.25) is 0 Å². The van der Waals surface area contributed by atoms with Crippen LogP contribution < -0.4 is 9.47 Å². The Morgan fingerprint density at radius 3 is 2.53 bits per heavy atom. The fourth-order valence-electron chi connectivity index (χ4n) is 2.00. The van der Waals surface area contributed by atoms with Crippen LogP contribution in [-0.4, -0.2) is 18.8 Å². The summed E-state index contributed by atoms with van der Waals surface area (Å²) in [5.74, 6) is 1.48. The molecule has 0 radical (unpaired) electrons. The van der Waals surface area contributed by atoms with Gasteiger partial charge < -0.3 is 14.6 Å². The van der Waals surface area contributed by atoms with Gasteiger partial charge in [-0.1, -0.05) is 32.6 Å². The lowest BCUT2D eigenvalue weighted by Gasteiger charge is -2.14. The first kappa shape index (κ1) is 15.8. The van der Waals surface area contributed by atoms with Gasteiger partial charge in [0.25, 0.3) is 0 Å². The Labute approximate surface area is 116 Å². The number of methoxy groups -OCH3 is 1. The van der Waals surface area contributed by atoms with E-state index in [0.29, 0.717) is 6.61 Å². The number of rotatable bonds is 9. The molecule has 3 nitrogen and oxygen atoms in total. The predicted molar refractivity (Wildman–Crippen MR) is 77.9 cm³/mol. The number of ether oxygens (including phenoxy) is 2. The van der Waals surface area contributed by atoms with E-state index in [0.717, 1.165) is 23.5 Å². The summed E-state index contributed by atoms with van der Waals surface area (Å²) in [6.45, 7) is 4.65. The topological polar surface area (TPSA) is 38.7 Å². The van der Waals surface area contributed by atoms with E-state index in [-0.39, 0.29) is 0 Å². The van der Waals surface area contributed by atoms with Crippen LogP contribution in [0, 0.1) is 0 Å². The third-order valence-electron chi connectivity index (χ3n) is 3.18. The number of aliphatic hydroxyl groups excluding tert-OH is 1. The minimum absolute atomic E-state index is 0.527. The first-order valence-corrected chi connectivity index (χ1v) is 7.17. The lowest BCUT2D eigenvalue weighted by molar-refractivity contribution is 0.190. The lowest BCUT2D eigenvalue weighted by atomic mass is 10.1. The molecule has 1 aromatic rings. The van der Waals surface area contributed by atoms with Crippen molar-refractivity contribution >= 4 is 0 Å². The SMILES string of the molecule is CCCCCCCOc1cc(OC)ccc1[C@@H](C)O. The average molecular weight is 266 g/mol. The first-order chi connectivity index (χ1) is 9.19. The van der Waals surface area contributed by atoms with Gasteiger partial charge in [-0.25, -0.2) is 0 Å². The molecule has 0 heterocycles. The van der Waals surface area contributed by atoms with Crippen LogP contribution in [0.25, 0.3) is 0 Å². The summed E-state index contributed by atoms with van der Waals surface area (Å²) in [5, 5.41) is 9.72. The zero-order valence-corrected chi connectivity index (χ0v) is 12.3. The van der Waals surface area contributed by atoms with Crippen molar-refractivity contribution in [2.75, 3.05) is 13.7 Å². The normalized spacial score (nSPS) is 12.2. The minimum atomic E-state index is -0.527. The zero-order chi connectivity index (χ0) is 14.1. The van der Waals surface area contributed by atoms with Gasteiger partial charge in [0.15, 0.2) is 0 Å². The molecule has 0 aliphatic heterocycles. The molecule has 1 aromatic carbocycles. The Morgan fingerprint density at radius 2 is 1.89 bits per heavy atom. The zero-order valence-electron chi connectivity index (χ0n) is 12.3. The molecule has 19 heavy (non-hydrogen) atoms. The summed E-state index contributed by atoms with van der Waals surface area (Å²) in [5.41, 5.74) is 0.814. The highest BCUT2D eigenvalue weighted by Crippen LogP contribution is 2.29. The number of hydrogen-bond acceptors (Lipinski definition) is 3. The summed E-state index contributed by atoms with van der Waals surface area (Å²) >= 11 is 0. The van der Waals surface area contributed by atoms with Gasteiger partial charge in [-0.2, -0.15) is 0 Å². The number of benzene rings is 1. The van der Waals surface area contributed by atoms with Crippen molar-refractivity contribution in [3.8, 4) is 11.5 Å². The molecule has 3 heteroatoms. The molecule has 0 aliphatic carbocycles. The van der Waals surface area contributed by atoms with Crippen LogP contribution in [0.15, 0.2) is 18.2 Å². The van der Waals surface area contributed by atoms with Crippen LogP contribution in [0.4, 0.5) is 0 Å². The molecule has 0 spiro atoms. The Balaban J connectivity index is 2.50. The fraction of sp³-hybridized carbons (Fsp3) is 0.625. The number of hydrogen-bond donors (Lipinski definition) is 1. The molecular weight excluding hydrogens is 240 g/mol. The van der Waals surface area contributed by atoms with Crippen molar-refractivity contribution in [2.45, 2.75) is 52.1 Å². The Hall–Kier alpha value is -1.22. The van der Waals surface area contributed by atoms with Crippen molar-refractivity contribution in [3.63, 3.8) is 0 Å². The van der Waals surface area contributed by atoms with Crippen LogP contribution in [0.5, 0.6) is 11.5 Å². The van der Waals surface area contributed by atoms with Crippen LogP contribution in [-0.2, 0) is 0 Å². The average Bonchev–Trinajstić information content (AvgIpc) is 2.42. The summed E-state index contributed by atoms with van der Waals surface area (Å²) in [6, 6.07) is 5.54. The third-order valence-corrected chi connectivity index (χ3v) is 3.18. The minimum Gasteiger partial charge on any atom is -0.497 e. The van der Waals surface area contributed by atoms with E-state index in [1.165, 1.54) is 25.7 Å². The van der Waals surface area contributed by atoms with Crippen molar-refractivity contribution < 1.29 is 14.6 Å². The van der Waals surface area contributed by atoms with E-state index in [9.17, 15) is 5.11 Å². The van der Waals surface area contributed by atoms with Crippen LogP contribution in [0.2, 0.25) is 0 Å². The van der Waals surface area contributed by atoms with Gasteiger partial charge in [-0.3, -0.25) is 0 Å². The maximum Gasteiger partial charge on any atom is 0.128 e. The maximum atomic E-state index is 9.72. The second-order valence-electron chi connectivity index (χ2n) is 4.84. The molecule has 0 bridgehead atoms. The summed E-state index contributed by atoms with van der Waals surface area (Å²) < 4.78 is 11.0. The summed E-state index contributed by atoms with van der Waals surface area (Å²) in [6.07, 6.45) is 5.53. The molecule has 0 unspecified atom stereocenters. The van der Waals surface area contributed by atoms with Gasteiger partial charge in [0.05, 0.1) is 19.8 Å². The standard InChI is InChI=1S/C16H26O3/c1-4-5-6-7-8-11-19-16-12-14(18-3)9-10-15(16)13(2)17/h9-10,12-13,17H,4-8,11H2,1-3H3/t13-/m1/s1. The Morgan fingerprint density at radius 1 is 1.16 bits per heavy atom. The van der Waals surface area contributed by atoms with Crippen LogP contribution >= 0.6 is 0 Å². The number of unbranched alkanes of at least 4 members (excludes halogenated alkanes) is 4. The highest BCUT2D eigenvalue weighted by Gasteiger charge is 2.10. The summed E-state index contributed by atoms with van der Waals surface area (Å²) in [7, 11) is 1.63. The molecule has 0 aliphatic rings. The van der Waals surface area contributed by atoms with Gasteiger partial charge in [-0.15, -0.1) is 0 Å². The molecule has 1 atom stereocenters. The maximum absolute atomic E-state index is 9.72. The van der Waals surface area contributed by atoms with E-state index in [2.05, 4.69) is 6.92 Å². The molecular formula is C16H26O3. The van der Waals surface area contributed by atoms with Crippen molar-refractivity contribution in [1.29, 1.82) is 0 Å². The monoisotopic (exact) mass is 266 g/mol. The fourth-order valence-corrected chi connectivity index (χ4v) is 2.00. The molecule has 0 saturated carbocycles. The third kappa shape index (κ3) is 5.52. The van der Waals surface area contributed by atoms with E-state index in [1.807, 2.05) is 18.2 Å². The predicted octanol–water partition coefficient (Wildman–Crippen LogP) is 4.10. The lowest BCUT2D eigenvalue weighted by Crippen LogP contribution is -2.03. The second-order valence-corrected chi connectivity index (χ2v) is 4.84. The first-order valence-electron chi connectivity index (χ1n) is 7.17. The molecule has 1 rings (SSSR count). The molecule has 0 amide bonds. The van der Waals surface area contributed by atoms with Gasteiger partial charge in [0.1, 0.15) is 11.5 Å². The van der Waals surface area contributed by atoms with Crippen molar-refractivity contribution in [1.82, 2.24) is 0 Å². The molecule has 108 valence electrons. The van der Waals surface area contributed by atoms with Gasteiger partial charge in [-0.05, 0) is 25.5 Å². The van der Waals surface area contributed by atoms with Gasteiger partial charge in [0, 0.05) is 11.6 Å². The molecule has 0 fully saturated rings. The molecule has 0 aromatic heterocycles. The van der Waals surface area contributed by atoms with E-state index >= 15 is 0 Å². The Kier molecular flexibility index (Phi) is 7.34. The van der Waals surface area contributed by atoms with Crippen molar-refractivity contribution in [3.05, 3.63) is 23.8 Å². The van der Waals surface area contributed by atoms with E-state index in [1.54, 1.807) is 14.0 Å². The van der Waals surface area contributed by atoms with Gasteiger partial charge >= 0.3 is 0 Å².